The molecule has 1 atom stereocenters. The SMILES string of the molecule is CCC(C)c1ccc(OC)cc1O. The Bertz CT molecular complexity index is 281. The van der Waals surface area contributed by atoms with Gasteiger partial charge in [-0.2, -0.15) is 0 Å². The van der Waals surface area contributed by atoms with E-state index in [9.17, 15) is 5.11 Å². The minimum Gasteiger partial charge on any atom is -0.508 e. The summed E-state index contributed by atoms with van der Waals surface area (Å²) in [6, 6.07) is 5.45. The molecule has 0 aliphatic carbocycles. The molecular formula is C11H16O2. The van der Waals surface area contributed by atoms with Crippen LogP contribution >= 0.6 is 0 Å². The molecule has 0 saturated heterocycles. The van der Waals surface area contributed by atoms with Crippen molar-refractivity contribution in [3.63, 3.8) is 0 Å². The highest BCUT2D eigenvalue weighted by Crippen LogP contribution is 2.30. The molecule has 1 N–H and O–H groups in total. The standard InChI is InChI=1S/C11H16O2/c1-4-8(2)10-6-5-9(13-3)7-11(10)12/h5-8,12H,4H2,1-3H3. The van der Waals surface area contributed by atoms with E-state index in [0.717, 1.165) is 12.0 Å². The Morgan fingerprint density at radius 1 is 1.46 bits per heavy atom. The van der Waals surface area contributed by atoms with Gasteiger partial charge in [-0.05, 0) is 24.0 Å². The first-order valence-corrected chi connectivity index (χ1v) is 4.56. The molecule has 0 radical (unpaired) electrons. The van der Waals surface area contributed by atoms with Crippen LogP contribution in [0.5, 0.6) is 11.5 Å². The van der Waals surface area contributed by atoms with Gasteiger partial charge in [-0.25, -0.2) is 0 Å². The molecule has 0 aliphatic heterocycles. The van der Waals surface area contributed by atoms with Crippen molar-refractivity contribution in [3.05, 3.63) is 23.8 Å². The molecule has 1 aromatic carbocycles. The third kappa shape index (κ3) is 2.14. The molecule has 2 heteroatoms. The lowest BCUT2D eigenvalue weighted by Crippen LogP contribution is -1.92. The highest BCUT2D eigenvalue weighted by Gasteiger charge is 2.08. The first-order chi connectivity index (χ1) is 6.19. The summed E-state index contributed by atoms with van der Waals surface area (Å²) in [4.78, 5) is 0. The summed E-state index contributed by atoms with van der Waals surface area (Å²) in [7, 11) is 1.59. The number of benzene rings is 1. The molecule has 1 rings (SSSR count). The van der Waals surface area contributed by atoms with E-state index in [1.165, 1.54) is 0 Å². The predicted octanol–water partition coefficient (Wildman–Crippen LogP) is 2.91. The predicted molar refractivity (Wildman–Crippen MR) is 53.4 cm³/mol. The van der Waals surface area contributed by atoms with Crippen LogP contribution in [0, 0.1) is 0 Å². The van der Waals surface area contributed by atoms with Crippen molar-refractivity contribution in [1.29, 1.82) is 0 Å². The Morgan fingerprint density at radius 2 is 2.15 bits per heavy atom. The third-order valence-corrected chi connectivity index (χ3v) is 2.38. The Balaban J connectivity index is 2.98. The monoisotopic (exact) mass is 180 g/mol. The first kappa shape index (κ1) is 9.90. The van der Waals surface area contributed by atoms with Gasteiger partial charge in [0.05, 0.1) is 7.11 Å². The van der Waals surface area contributed by atoms with Crippen LogP contribution < -0.4 is 4.74 Å². The van der Waals surface area contributed by atoms with Crippen LogP contribution in [0.3, 0.4) is 0 Å². The van der Waals surface area contributed by atoms with Gasteiger partial charge in [0.15, 0.2) is 0 Å². The number of aromatic hydroxyl groups is 1. The molecule has 0 fully saturated rings. The summed E-state index contributed by atoms with van der Waals surface area (Å²) in [5, 5.41) is 9.64. The third-order valence-electron chi connectivity index (χ3n) is 2.38. The van der Waals surface area contributed by atoms with Gasteiger partial charge in [0.2, 0.25) is 0 Å². The number of phenolic OH excluding ortho intramolecular Hbond substituents is 1. The van der Waals surface area contributed by atoms with Gasteiger partial charge in [-0.3, -0.25) is 0 Å². The van der Waals surface area contributed by atoms with Crippen LogP contribution in [0.25, 0.3) is 0 Å². The zero-order chi connectivity index (χ0) is 9.84. The van der Waals surface area contributed by atoms with Gasteiger partial charge in [0, 0.05) is 6.07 Å². The molecule has 0 saturated carbocycles. The fourth-order valence-corrected chi connectivity index (χ4v) is 1.29. The first-order valence-electron chi connectivity index (χ1n) is 4.56. The van der Waals surface area contributed by atoms with Gasteiger partial charge in [-0.15, -0.1) is 0 Å². The number of methoxy groups -OCH3 is 1. The highest BCUT2D eigenvalue weighted by molar-refractivity contribution is 5.41. The molecule has 0 spiro atoms. The molecule has 0 aromatic heterocycles. The summed E-state index contributed by atoms with van der Waals surface area (Å²) in [6.45, 7) is 4.20. The van der Waals surface area contributed by atoms with Crippen molar-refractivity contribution in [2.45, 2.75) is 26.2 Å². The van der Waals surface area contributed by atoms with E-state index < -0.39 is 0 Å². The molecule has 1 unspecified atom stereocenters. The second kappa shape index (κ2) is 4.17. The number of ether oxygens (including phenoxy) is 1. The van der Waals surface area contributed by atoms with E-state index in [2.05, 4.69) is 13.8 Å². The minimum atomic E-state index is 0.328. The lowest BCUT2D eigenvalue weighted by Gasteiger charge is -2.11. The fraction of sp³-hybridized carbons (Fsp3) is 0.455. The van der Waals surface area contributed by atoms with Crippen LogP contribution in [-0.2, 0) is 0 Å². The van der Waals surface area contributed by atoms with Crippen LogP contribution in [0.2, 0.25) is 0 Å². The van der Waals surface area contributed by atoms with Gasteiger partial charge >= 0.3 is 0 Å². The van der Waals surface area contributed by atoms with E-state index in [1.54, 1.807) is 13.2 Å². The summed E-state index contributed by atoms with van der Waals surface area (Å²) in [5.41, 5.74) is 0.989. The molecular weight excluding hydrogens is 164 g/mol. The highest BCUT2D eigenvalue weighted by atomic mass is 16.5. The molecule has 0 bridgehead atoms. The minimum absolute atomic E-state index is 0.328. The van der Waals surface area contributed by atoms with E-state index in [0.29, 0.717) is 17.4 Å². The lowest BCUT2D eigenvalue weighted by atomic mass is 9.98. The largest absolute Gasteiger partial charge is 0.508 e. The number of hydrogen-bond acceptors (Lipinski definition) is 2. The van der Waals surface area contributed by atoms with Crippen LogP contribution in [0.1, 0.15) is 31.7 Å². The quantitative estimate of drug-likeness (QED) is 0.775. The van der Waals surface area contributed by atoms with E-state index in [4.69, 9.17) is 4.74 Å². The maximum absolute atomic E-state index is 9.64. The second-order valence-corrected chi connectivity index (χ2v) is 3.23. The maximum Gasteiger partial charge on any atom is 0.122 e. The number of rotatable bonds is 3. The molecule has 2 nitrogen and oxygen atoms in total. The lowest BCUT2D eigenvalue weighted by molar-refractivity contribution is 0.405. The van der Waals surface area contributed by atoms with Gasteiger partial charge in [0.25, 0.3) is 0 Å². The summed E-state index contributed by atoms with van der Waals surface area (Å²) in [5.74, 6) is 1.42. The topological polar surface area (TPSA) is 29.5 Å². The normalized spacial score (nSPS) is 12.5. The molecule has 0 aliphatic rings. The number of hydrogen-bond donors (Lipinski definition) is 1. The average molecular weight is 180 g/mol. The summed E-state index contributed by atoms with van der Waals surface area (Å²) < 4.78 is 5.00. The molecule has 13 heavy (non-hydrogen) atoms. The van der Waals surface area contributed by atoms with Gasteiger partial charge in [0.1, 0.15) is 11.5 Å². The summed E-state index contributed by atoms with van der Waals surface area (Å²) in [6.07, 6.45) is 1.03. The Kier molecular flexibility index (Phi) is 3.18. The van der Waals surface area contributed by atoms with Crippen molar-refractivity contribution < 1.29 is 9.84 Å². The van der Waals surface area contributed by atoms with Crippen molar-refractivity contribution in [2.75, 3.05) is 7.11 Å². The fourth-order valence-electron chi connectivity index (χ4n) is 1.29. The zero-order valence-electron chi connectivity index (χ0n) is 8.37. The zero-order valence-corrected chi connectivity index (χ0v) is 8.37. The van der Waals surface area contributed by atoms with E-state index >= 15 is 0 Å². The molecule has 0 heterocycles. The number of phenols is 1. The van der Waals surface area contributed by atoms with Gasteiger partial charge < -0.3 is 9.84 Å². The second-order valence-electron chi connectivity index (χ2n) is 3.23. The van der Waals surface area contributed by atoms with Crippen molar-refractivity contribution in [3.8, 4) is 11.5 Å². The molecule has 0 amide bonds. The van der Waals surface area contributed by atoms with Crippen LogP contribution in [-0.4, -0.2) is 12.2 Å². The van der Waals surface area contributed by atoms with Gasteiger partial charge in [-0.1, -0.05) is 19.9 Å². The smallest absolute Gasteiger partial charge is 0.122 e. The average Bonchev–Trinajstić information content (AvgIpc) is 2.16. The Hall–Kier alpha value is -1.18. The maximum atomic E-state index is 9.64. The van der Waals surface area contributed by atoms with Crippen molar-refractivity contribution in [2.24, 2.45) is 0 Å². The van der Waals surface area contributed by atoms with Crippen LogP contribution in [0.4, 0.5) is 0 Å². The van der Waals surface area contributed by atoms with E-state index in [1.807, 2.05) is 12.1 Å². The molecule has 1 aromatic rings. The van der Waals surface area contributed by atoms with Crippen molar-refractivity contribution in [1.82, 2.24) is 0 Å². The molecule has 72 valence electrons. The van der Waals surface area contributed by atoms with Crippen LogP contribution in [0.15, 0.2) is 18.2 Å². The van der Waals surface area contributed by atoms with E-state index in [-0.39, 0.29) is 0 Å². The Labute approximate surface area is 79.2 Å². The summed E-state index contributed by atoms with van der Waals surface area (Å²) >= 11 is 0. The Morgan fingerprint density at radius 3 is 2.62 bits per heavy atom. The van der Waals surface area contributed by atoms with Crippen molar-refractivity contribution >= 4 is 0 Å².